The zero-order chi connectivity index (χ0) is 19.8. The summed E-state index contributed by atoms with van der Waals surface area (Å²) in [6, 6.07) is 4.79. The van der Waals surface area contributed by atoms with Crippen LogP contribution in [-0.4, -0.2) is 22.5 Å². The van der Waals surface area contributed by atoms with Crippen LogP contribution < -0.4 is 5.32 Å². The third-order valence-corrected chi connectivity index (χ3v) is 5.04. The van der Waals surface area contributed by atoms with Gasteiger partial charge in [-0.3, -0.25) is 0 Å². The Bertz CT molecular complexity index is 1010. The number of anilines is 2. The van der Waals surface area contributed by atoms with Crippen molar-refractivity contribution in [2.75, 3.05) is 11.9 Å². The van der Waals surface area contributed by atoms with Crippen molar-refractivity contribution in [3.63, 3.8) is 0 Å². The van der Waals surface area contributed by atoms with Crippen LogP contribution in [0.5, 0.6) is 0 Å². The van der Waals surface area contributed by atoms with Crippen LogP contribution in [0.25, 0.3) is 10.2 Å². The van der Waals surface area contributed by atoms with Gasteiger partial charge in [0.05, 0.1) is 17.6 Å². The number of nitrogens with zero attached hydrogens (tertiary/aromatic N) is 2. The minimum atomic E-state index is -4.45. The first-order valence-electron chi connectivity index (χ1n) is 8.10. The third-order valence-electron chi connectivity index (χ3n) is 3.94. The molecule has 0 unspecified atom stereocenters. The van der Waals surface area contributed by atoms with Crippen LogP contribution in [0.4, 0.5) is 24.7 Å². The van der Waals surface area contributed by atoms with Gasteiger partial charge in [-0.25, -0.2) is 14.8 Å². The Morgan fingerprint density at radius 1 is 1.26 bits per heavy atom. The van der Waals surface area contributed by atoms with Crippen LogP contribution in [0, 0.1) is 13.8 Å². The van der Waals surface area contributed by atoms with Crippen molar-refractivity contribution in [2.45, 2.75) is 26.9 Å². The summed E-state index contributed by atoms with van der Waals surface area (Å²) in [7, 11) is 0. The van der Waals surface area contributed by atoms with Gasteiger partial charge in [0.15, 0.2) is 0 Å². The molecule has 142 valence electrons. The van der Waals surface area contributed by atoms with Gasteiger partial charge in [-0.1, -0.05) is 6.07 Å². The molecule has 0 amide bonds. The van der Waals surface area contributed by atoms with Crippen molar-refractivity contribution >= 4 is 39.0 Å². The average molecular weight is 395 g/mol. The van der Waals surface area contributed by atoms with Crippen molar-refractivity contribution in [2.24, 2.45) is 0 Å². The molecule has 0 aliphatic heterocycles. The lowest BCUT2D eigenvalue weighted by atomic mass is 10.1. The number of esters is 1. The number of halogens is 3. The Morgan fingerprint density at radius 3 is 2.67 bits per heavy atom. The Labute approximate surface area is 157 Å². The van der Waals surface area contributed by atoms with Crippen LogP contribution in [0.3, 0.4) is 0 Å². The number of benzene rings is 1. The Morgan fingerprint density at radius 2 is 2.00 bits per heavy atom. The molecule has 5 nitrogen and oxygen atoms in total. The standard InChI is InChI=1S/C18H16F3N3O2S/c1-4-26-17(25)15-23-14(13-9(2)10(3)27-16(13)24-15)22-12-7-5-6-11(8-12)18(19,20)21/h5-8H,4H2,1-3H3,(H,22,23,24). The normalized spacial score (nSPS) is 11.6. The second-order valence-electron chi connectivity index (χ2n) is 5.78. The molecule has 9 heteroatoms. The summed E-state index contributed by atoms with van der Waals surface area (Å²) < 4.78 is 43.9. The molecule has 0 aliphatic carbocycles. The highest BCUT2D eigenvalue weighted by Gasteiger charge is 2.30. The molecule has 3 rings (SSSR count). The number of alkyl halides is 3. The van der Waals surface area contributed by atoms with E-state index in [1.807, 2.05) is 13.8 Å². The molecule has 0 bridgehead atoms. The van der Waals surface area contributed by atoms with E-state index in [0.29, 0.717) is 10.2 Å². The fourth-order valence-corrected chi connectivity index (χ4v) is 3.57. The lowest BCUT2D eigenvalue weighted by Crippen LogP contribution is -2.11. The molecule has 2 aromatic heterocycles. The number of hydrogen-bond acceptors (Lipinski definition) is 6. The van der Waals surface area contributed by atoms with E-state index < -0.39 is 17.7 Å². The predicted octanol–water partition coefficient (Wildman–Crippen LogP) is 5.25. The van der Waals surface area contributed by atoms with E-state index in [-0.39, 0.29) is 23.9 Å². The highest BCUT2D eigenvalue weighted by molar-refractivity contribution is 7.18. The van der Waals surface area contributed by atoms with Crippen LogP contribution in [0.2, 0.25) is 0 Å². The Balaban J connectivity index is 2.11. The molecule has 27 heavy (non-hydrogen) atoms. The monoisotopic (exact) mass is 395 g/mol. The van der Waals surface area contributed by atoms with Gasteiger partial charge in [0.2, 0.25) is 5.82 Å². The molecule has 0 fully saturated rings. The molecule has 2 heterocycles. The van der Waals surface area contributed by atoms with Crippen LogP contribution in [0.15, 0.2) is 24.3 Å². The van der Waals surface area contributed by atoms with Crippen molar-refractivity contribution in [1.29, 1.82) is 0 Å². The number of hydrogen-bond donors (Lipinski definition) is 1. The summed E-state index contributed by atoms with van der Waals surface area (Å²) in [5, 5.41) is 3.57. The maximum atomic E-state index is 13.0. The van der Waals surface area contributed by atoms with Gasteiger partial charge in [-0.15, -0.1) is 11.3 Å². The zero-order valence-corrected chi connectivity index (χ0v) is 15.6. The summed E-state index contributed by atoms with van der Waals surface area (Å²) in [6.45, 7) is 5.61. The summed E-state index contributed by atoms with van der Waals surface area (Å²) >= 11 is 1.38. The molecular formula is C18H16F3N3O2S. The van der Waals surface area contributed by atoms with E-state index in [2.05, 4.69) is 15.3 Å². The Hall–Kier alpha value is -2.68. The first kappa shape index (κ1) is 19.1. The van der Waals surface area contributed by atoms with E-state index in [0.717, 1.165) is 22.6 Å². The molecule has 0 aliphatic rings. The molecule has 0 spiro atoms. The molecule has 0 saturated heterocycles. The quantitative estimate of drug-likeness (QED) is 0.612. The van der Waals surface area contributed by atoms with Crippen LogP contribution >= 0.6 is 11.3 Å². The fourth-order valence-electron chi connectivity index (χ4n) is 2.54. The van der Waals surface area contributed by atoms with Gasteiger partial charge in [0, 0.05) is 10.6 Å². The minimum absolute atomic E-state index is 0.139. The molecule has 0 saturated carbocycles. The highest BCUT2D eigenvalue weighted by Crippen LogP contribution is 2.36. The average Bonchev–Trinajstić information content (AvgIpc) is 2.89. The highest BCUT2D eigenvalue weighted by atomic mass is 32.1. The van der Waals surface area contributed by atoms with Crippen LogP contribution in [0.1, 0.15) is 33.5 Å². The summed E-state index contributed by atoms with van der Waals surface area (Å²) in [5.74, 6) is -0.556. The lowest BCUT2D eigenvalue weighted by molar-refractivity contribution is -0.137. The number of thiophene rings is 1. The number of fused-ring (bicyclic) bond motifs is 1. The number of rotatable bonds is 4. The minimum Gasteiger partial charge on any atom is -0.460 e. The first-order valence-corrected chi connectivity index (χ1v) is 8.91. The van der Waals surface area contributed by atoms with Gasteiger partial charge in [-0.2, -0.15) is 13.2 Å². The second-order valence-corrected chi connectivity index (χ2v) is 6.99. The maximum Gasteiger partial charge on any atom is 0.416 e. The van der Waals surface area contributed by atoms with Crippen molar-refractivity contribution in [3.05, 3.63) is 46.1 Å². The maximum absolute atomic E-state index is 13.0. The number of carbonyl (C=O) groups excluding carboxylic acids is 1. The van der Waals surface area contributed by atoms with E-state index >= 15 is 0 Å². The topological polar surface area (TPSA) is 64.1 Å². The molecule has 3 aromatic rings. The van der Waals surface area contributed by atoms with Gasteiger partial charge in [0.25, 0.3) is 0 Å². The summed E-state index contributed by atoms with van der Waals surface area (Å²) in [5.41, 5.74) is 0.337. The zero-order valence-electron chi connectivity index (χ0n) is 14.8. The number of nitrogens with one attached hydrogen (secondary N) is 1. The van der Waals surface area contributed by atoms with Crippen molar-refractivity contribution in [3.8, 4) is 0 Å². The molecular weight excluding hydrogens is 379 g/mol. The molecule has 1 aromatic carbocycles. The van der Waals surface area contributed by atoms with Gasteiger partial charge < -0.3 is 10.1 Å². The number of ether oxygens (including phenoxy) is 1. The predicted molar refractivity (Wildman–Crippen MR) is 97.6 cm³/mol. The van der Waals surface area contributed by atoms with Gasteiger partial charge >= 0.3 is 12.1 Å². The van der Waals surface area contributed by atoms with E-state index in [4.69, 9.17) is 4.74 Å². The lowest BCUT2D eigenvalue weighted by Gasteiger charge is -2.12. The number of carbonyl (C=O) groups is 1. The first-order chi connectivity index (χ1) is 12.7. The largest absolute Gasteiger partial charge is 0.460 e. The number of aryl methyl sites for hydroxylation is 2. The third kappa shape index (κ3) is 3.87. The fraction of sp³-hybridized carbons (Fsp3) is 0.278. The van der Waals surface area contributed by atoms with Crippen LogP contribution in [-0.2, 0) is 10.9 Å². The van der Waals surface area contributed by atoms with Crippen molar-refractivity contribution < 1.29 is 22.7 Å². The van der Waals surface area contributed by atoms with E-state index in [1.165, 1.54) is 23.5 Å². The molecule has 1 N–H and O–H groups in total. The van der Waals surface area contributed by atoms with Crippen molar-refractivity contribution in [1.82, 2.24) is 9.97 Å². The smallest absolute Gasteiger partial charge is 0.416 e. The van der Waals surface area contributed by atoms with Gasteiger partial charge in [-0.05, 0) is 44.5 Å². The van der Waals surface area contributed by atoms with Gasteiger partial charge in [0.1, 0.15) is 10.6 Å². The molecule has 0 radical (unpaired) electrons. The summed E-state index contributed by atoms with van der Waals surface area (Å²) in [4.78, 5) is 22.1. The summed E-state index contributed by atoms with van der Waals surface area (Å²) in [6.07, 6.45) is -4.45. The Kier molecular flexibility index (Phi) is 5.05. The number of aromatic nitrogens is 2. The molecule has 0 atom stereocenters. The SMILES string of the molecule is CCOC(=O)c1nc(Nc2cccc(C(F)(F)F)c2)c2c(C)c(C)sc2n1. The second kappa shape index (κ2) is 7.15. The van der Waals surface area contributed by atoms with E-state index in [9.17, 15) is 18.0 Å². The van der Waals surface area contributed by atoms with E-state index in [1.54, 1.807) is 6.92 Å².